The Morgan fingerprint density at radius 2 is 1.74 bits per heavy atom. The van der Waals surface area contributed by atoms with E-state index < -0.39 is 5.82 Å². The predicted octanol–water partition coefficient (Wildman–Crippen LogP) is 5.33. The largest absolute Gasteiger partial charge is 0.489 e. The topological polar surface area (TPSA) is 47.4 Å². The number of aryl methyl sites for hydroxylation is 2. The van der Waals surface area contributed by atoms with Gasteiger partial charge in [-0.05, 0) is 75.4 Å². The SMILES string of the molecule is Cc1ccc(F)cc1-n1nc(C2CC3(C2)CN(C(=O)c2ccc(F)cc2OC2CC2)C3)cc1C. The Labute approximate surface area is 197 Å². The van der Waals surface area contributed by atoms with Gasteiger partial charge >= 0.3 is 0 Å². The van der Waals surface area contributed by atoms with Gasteiger partial charge < -0.3 is 9.64 Å². The number of benzene rings is 2. The van der Waals surface area contributed by atoms with Crippen molar-refractivity contribution >= 4 is 5.91 Å². The summed E-state index contributed by atoms with van der Waals surface area (Å²) in [6, 6.07) is 11.0. The average molecular weight is 464 g/mol. The fourth-order valence-electron chi connectivity index (χ4n) is 5.42. The van der Waals surface area contributed by atoms with Crippen LogP contribution in [0.3, 0.4) is 0 Å². The van der Waals surface area contributed by atoms with Crippen LogP contribution in [0.2, 0.25) is 0 Å². The van der Waals surface area contributed by atoms with E-state index in [2.05, 4.69) is 6.07 Å². The molecule has 0 radical (unpaired) electrons. The molecule has 1 aromatic heterocycles. The van der Waals surface area contributed by atoms with Crippen LogP contribution in [0.4, 0.5) is 8.78 Å². The van der Waals surface area contributed by atoms with Crippen molar-refractivity contribution in [3.63, 3.8) is 0 Å². The summed E-state index contributed by atoms with van der Waals surface area (Å²) in [6.45, 7) is 5.34. The van der Waals surface area contributed by atoms with Gasteiger partial charge in [0.1, 0.15) is 17.4 Å². The molecule has 3 aliphatic rings. The first-order valence-corrected chi connectivity index (χ1v) is 11.9. The van der Waals surface area contributed by atoms with Gasteiger partial charge in [-0.1, -0.05) is 6.07 Å². The van der Waals surface area contributed by atoms with Crippen molar-refractivity contribution in [2.24, 2.45) is 5.41 Å². The Morgan fingerprint density at radius 3 is 2.47 bits per heavy atom. The molecule has 2 aromatic carbocycles. The quantitative estimate of drug-likeness (QED) is 0.514. The number of likely N-dealkylation sites (tertiary alicyclic amines) is 1. The number of ether oxygens (including phenoxy) is 1. The van der Waals surface area contributed by atoms with Crippen molar-refractivity contribution in [2.75, 3.05) is 13.1 Å². The van der Waals surface area contributed by atoms with Crippen molar-refractivity contribution in [1.82, 2.24) is 14.7 Å². The molecule has 0 bridgehead atoms. The second-order valence-corrected chi connectivity index (χ2v) is 10.3. The normalized spacial score (nSPS) is 19.1. The molecule has 1 spiro atoms. The predicted molar refractivity (Wildman–Crippen MR) is 123 cm³/mol. The van der Waals surface area contributed by atoms with Crippen LogP contribution in [0.25, 0.3) is 5.69 Å². The van der Waals surface area contributed by atoms with E-state index in [4.69, 9.17) is 9.84 Å². The van der Waals surface area contributed by atoms with Crippen LogP contribution in [0, 0.1) is 30.9 Å². The van der Waals surface area contributed by atoms with Crippen LogP contribution < -0.4 is 4.74 Å². The second kappa shape index (κ2) is 7.65. The number of halogens is 2. The van der Waals surface area contributed by atoms with Crippen molar-refractivity contribution in [2.45, 2.75) is 51.6 Å². The maximum absolute atomic E-state index is 13.8. The molecule has 2 saturated carbocycles. The monoisotopic (exact) mass is 463 g/mol. The van der Waals surface area contributed by atoms with E-state index in [9.17, 15) is 13.6 Å². The molecule has 3 aromatic rings. The number of hydrogen-bond acceptors (Lipinski definition) is 3. The van der Waals surface area contributed by atoms with E-state index in [-0.39, 0.29) is 23.2 Å². The highest BCUT2D eigenvalue weighted by Gasteiger charge is 2.54. The molecule has 5 nitrogen and oxygen atoms in total. The van der Waals surface area contributed by atoms with Crippen molar-refractivity contribution in [1.29, 1.82) is 0 Å². The number of rotatable bonds is 5. The van der Waals surface area contributed by atoms with Gasteiger partial charge in [-0.3, -0.25) is 4.79 Å². The van der Waals surface area contributed by atoms with E-state index in [1.807, 2.05) is 23.4 Å². The maximum Gasteiger partial charge on any atom is 0.257 e. The third kappa shape index (κ3) is 3.67. The molecule has 1 saturated heterocycles. The number of amides is 1. The highest BCUT2D eigenvalue weighted by molar-refractivity contribution is 5.97. The zero-order valence-electron chi connectivity index (χ0n) is 19.4. The lowest BCUT2D eigenvalue weighted by atomic mass is 9.57. The van der Waals surface area contributed by atoms with E-state index in [1.165, 1.54) is 30.3 Å². The molecule has 1 aliphatic heterocycles. The van der Waals surface area contributed by atoms with E-state index >= 15 is 0 Å². The van der Waals surface area contributed by atoms with Gasteiger partial charge in [-0.15, -0.1) is 0 Å². The summed E-state index contributed by atoms with van der Waals surface area (Å²) in [5.41, 5.74) is 4.32. The molecule has 0 atom stereocenters. The first-order chi connectivity index (χ1) is 16.3. The summed E-state index contributed by atoms with van der Waals surface area (Å²) in [4.78, 5) is 14.9. The molecule has 2 heterocycles. The summed E-state index contributed by atoms with van der Waals surface area (Å²) in [6.07, 6.45) is 3.95. The summed E-state index contributed by atoms with van der Waals surface area (Å²) in [7, 11) is 0. The fourth-order valence-corrected chi connectivity index (χ4v) is 5.42. The lowest BCUT2D eigenvalue weighted by Gasteiger charge is -2.58. The Morgan fingerprint density at radius 1 is 1.03 bits per heavy atom. The minimum absolute atomic E-state index is 0.0913. The van der Waals surface area contributed by atoms with Crippen LogP contribution in [0.15, 0.2) is 42.5 Å². The molecule has 0 N–H and O–H groups in total. The minimum Gasteiger partial charge on any atom is -0.489 e. The summed E-state index contributed by atoms with van der Waals surface area (Å²) >= 11 is 0. The Balaban J connectivity index is 1.12. The van der Waals surface area contributed by atoms with Crippen molar-refractivity contribution in [3.05, 3.63) is 76.6 Å². The molecule has 3 fully saturated rings. The Kier molecular flexibility index (Phi) is 4.80. The molecular weight excluding hydrogens is 436 g/mol. The van der Waals surface area contributed by atoms with Crippen LogP contribution >= 0.6 is 0 Å². The second-order valence-electron chi connectivity index (χ2n) is 10.3. The molecule has 2 aliphatic carbocycles. The molecule has 1 amide bonds. The first kappa shape index (κ1) is 21.3. The standard InChI is InChI=1S/C27H27F2N3O2/c1-16-3-4-19(28)10-24(16)32-17(2)9-23(30-32)18-12-27(13-18)14-31(15-27)26(33)22-8-5-20(29)11-25(22)34-21-6-7-21/h3-5,8-11,18,21H,6-7,12-15H2,1-2H3. The minimum atomic E-state index is -0.391. The number of nitrogens with zero attached hydrogens (tertiary/aromatic N) is 3. The van der Waals surface area contributed by atoms with Crippen molar-refractivity contribution < 1.29 is 18.3 Å². The summed E-state index contributed by atoms with van der Waals surface area (Å²) < 4.78 is 35.1. The molecular formula is C27H27F2N3O2. The molecule has 34 heavy (non-hydrogen) atoms. The van der Waals surface area contributed by atoms with Gasteiger partial charge in [0.05, 0.1) is 23.0 Å². The number of carbonyl (C=O) groups is 1. The molecule has 6 rings (SSSR count). The van der Waals surface area contributed by atoms with E-state index in [1.54, 1.807) is 6.07 Å². The van der Waals surface area contributed by atoms with Gasteiger partial charge in [0, 0.05) is 36.2 Å². The maximum atomic E-state index is 13.8. The van der Waals surface area contributed by atoms with Crippen LogP contribution in [0.5, 0.6) is 5.75 Å². The lowest BCUT2D eigenvalue weighted by Crippen LogP contribution is -2.63. The summed E-state index contributed by atoms with van der Waals surface area (Å²) in [5, 5.41) is 4.80. The van der Waals surface area contributed by atoms with Gasteiger partial charge in [0.25, 0.3) is 5.91 Å². The lowest BCUT2D eigenvalue weighted by molar-refractivity contribution is -0.0563. The zero-order valence-corrected chi connectivity index (χ0v) is 19.4. The number of carbonyl (C=O) groups excluding carboxylic acids is 1. The van der Waals surface area contributed by atoms with Gasteiger partial charge in [-0.2, -0.15) is 5.10 Å². The molecule has 176 valence electrons. The van der Waals surface area contributed by atoms with E-state index in [0.29, 0.717) is 30.3 Å². The number of aromatic nitrogens is 2. The van der Waals surface area contributed by atoms with Gasteiger partial charge in [0.15, 0.2) is 0 Å². The first-order valence-electron chi connectivity index (χ1n) is 11.9. The van der Waals surface area contributed by atoms with Crippen LogP contribution in [0.1, 0.15) is 58.9 Å². The average Bonchev–Trinajstić information content (AvgIpc) is 3.47. The third-order valence-corrected chi connectivity index (χ3v) is 7.41. The van der Waals surface area contributed by atoms with Crippen LogP contribution in [-0.2, 0) is 0 Å². The zero-order chi connectivity index (χ0) is 23.6. The van der Waals surface area contributed by atoms with Gasteiger partial charge in [0.2, 0.25) is 0 Å². The third-order valence-electron chi connectivity index (χ3n) is 7.41. The van der Waals surface area contributed by atoms with Crippen molar-refractivity contribution in [3.8, 4) is 11.4 Å². The molecule has 7 heteroatoms. The Hall–Kier alpha value is -3.22. The number of hydrogen-bond donors (Lipinski definition) is 0. The van der Waals surface area contributed by atoms with Gasteiger partial charge in [-0.25, -0.2) is 13.5 Å². The highest BCUT2D eigenvalue weighted by atomic mass is 19.1. The highest BCUT2D eigenvalue weighted by Crippen LogP contribution is 2.56. The fraction of sp³-hybridized carbons (Fsp3) is 0.407. The van der Waals surface area contributed by atoms with Crippen LogP contribution in [-0.4, -0.2) is 39.8 Å². The Bertz CT molecular complexity index is 1280. The van der Waals surface area contributed by atoms with E-state index in [0.717, 1.165) is 48.3 Å². The smallest absolute Gasteiger partial charge is 0.257 e. The molecule has 0 unspecified atom stereocenters. The summed E-state index contributed by atoms with van der Waals surface area (Å²) in [5.74, 6) is -0.0614.